The van der Waals surface area contributed by atoms with Crippen LogP contribution in [0.25, 0.3) is 10.8 Å². The zero-order valence-electron chi connectivity index (χ0n) is 18.1. The number of nitriles is 1. The molecule has 0 aromatic heterocycles. The Hall–Kier alpha value is -3.45. The second kappa shape index (κ2) is 9.43. The number of halogens is 1. The van der Waals surface area contributed by atoms with E-state index in [-0.39, 0.29) is 18.0 Å². The van der Waals surface area contributed by atoms with Gasteiger partial charge in [-0.1, -0.05) is 35.9 Å². The Morgan fingerprint density at radius 2 is 1.74 bits per heavy atom. The summed E-state index contributed by atoms with van der Waals surface area (Å²) in [6.45, 7) is -0.401. The Kier molecular flexibility index (Phi) is 6.57. The summed E-state index contributed by atoms with van der Waals surface area (Å²) in [6.07, 6.45) is 0. The van der Waals surface area contributed by atoms with E-state index in [0.29, 0.717) is 21.5 Å². The van der Waals surface area contributed by atoms with Crippen LogP contribution < -0.4 is 0 Å². The molecule has 1 heterocycles. The van der Waals surface area contributed by atoms with Crippen molar-refractivity contribution in [3.8, 4) is 6.07 Å². The Morgan fingerprint density at radius 1 is 1.06 bits per heavy atom. The monoisotopic (exact) mass is 497 g/mol. The number of amides is 1. The van der Waals surface area contributed by atoms with Crippen molar-refractivity contribution in [2.75, 3.05) is 26.7 Å². The van der Waals surface area contributed by atoms with Crippen LogP contribution in [0, 0.1) is 11.3 Å². The molecular formula is C24H20ClN3O5S. The van der Waals surface area contributed by atoms with Crippen LogP contribution in [0.4, 0.5) is 0 Å². The average Bonchev–Trinajstić information content (AvgIpc) is 2.84. The van der Waals surface area contributed by atoms with Gasteiger partial charge in [0.25, 0.3) is 0 Å². The summed E-state index contributed by atoms with van der Waals surface area (Å²) in [7, 11) is -2.73. The molecule has 10 heteroatoms. The number of piperazine rings is 1. The van der Waals surface area contributed by atoms with E-state index in [2.05, 4.69) is 0 Å². The zero-order valence-corrected chi connectivity index (χ0v) is 19.7. The maximum absolute atomic E-state index is 13.3. The van der Waals surface area contributed by atoms with E-state index in [9.17, 15) is 18.0 Å². The lowest BCUT2D eigenvalue weighted by Crippen LogP contribution is -2.54. The number of sulfonamides is 1. The Bertz CT molecular complexity index is 1420. The van der Waals surface area contributed by atoms with E-state index in [1.807, 2.05) is 6.07 Å². The van der Waals surface area contributed by atoms with Gasteiger partial charge in [0.15, 0.2) is 6.04 Å². The highest BCUT2D eigenvalue weighted by molar-refractivity contribution is 7.89. The molecule has 3 aromatic rings. The van der Waals surface area contributed by atoms with E-state index in [1.165, 1.54) is 18.1 Å². The molecule has 1 fully saturated rings. The van der Waals surface area contributed by atoms with Gasteiger partial charge in [-0.15, -0.1) is 0 Å². The summed E-state index contributed by atoms with van der Waals surface area (Å²) in [5, 5.41) is 11.1. The largest absolute Gasteiger partial charge is 0.467 e. The van der Waals surface area contributed by atoms with E-state index in [0.717, 1.165) is 9.69 Å². The Morgan fingerprint density at radius 3 is 2.38 bits per heavy atom. The normalized spacial score (nSPS) is 15.7. The van der Waals surface area contributed by atoms with Crippen LogP contribution in [-0.4, -0.2) is 56.2 Å². The van der Waals surface area contributed by atoms with E-state index < -0.39 is 34.5 Å². The number of carbonyl (C=O) groups excluding carboxylic acids is 2. The first-order chi connectivity index (χ1) is 16.2. The first-order valence-corrected chi connectivity index (χ1v) is 12.1. The van der Waals surface area contributed by atoms with Crippen LogP contribution in [0.1, 0.15) is 17.2 Å². The highest BCUT2D eigenvalue weighted by atomic mass is 35.5. The summed E-state index contributed by atoms with van der Waals surface area (Å²) >= 11 is 6.00. The van der Waals surface area contributed by atoms with Crippen molar-refractivity contribution in [3.63, 3.8) is 0 Å². The summed E-state index contributed by atoms with van der Waals surface area (Å²) < 4.78 is 32.5. The number of esters is 1. The number of benzene rings is 3. The molecule has 0 aliphatic carbocycles. The third-order valence-corrected chi connectivity index (χ3v) is 7.80. The quantitative estimate of drug-likeness (QED) is 0.501. The first kappa shape index (κ1) is 23.7. The summed E-state index contributed by atoms with van der Waals surface area (Å²) in [6, 6.07) is 17.1. The smallest absolute Gasteiger partial charge is 0.333 e. The van der Waals surface area contributed by atoms with Gasteiger partial charge in [0.05, 0.1) is 30.2 Å². The van der Waals surface area contributed by atoms with Crippen LogP contribution in [0.2, 0.25) is 5.02 Å². The molecule has 1 saturated heterocycles. The lowest BCUT2D eigenvalue weighted by atomic mass is 10.0. The van der Waals surface area contributed by atoms with Crippen molar-refractivity contribution >= 4 is 44.3 Å². The van der Waals surface area contributed by atoms with E-state index in [4.69, 9.17) is 21.6 Å². The summed E-state index contributed by atoms with van der Waals surface area (Å²) in [5.41, 5.74) is 0.885. The lowest BCUT2D eigenvalue weighted by Gasteiger charge is -2.37. The fraction of sp³-hybridized carbons (Fsp3) is 0.208. The molecule has 0 bridgehead atoms. The van der Waals surface area contributed by atoms with Crippen LogP contribution in [-0.2, 0) is 24.3 Å². The molecule has 3 aromatic carbocycles. The van der Waals surface area contributed by atoms with Crippen LogP contribution in [0.5, 0.6) is 0 Å². The highest BCUT2D eigenvalue weighted by Gasteiger charge is 2.39. The minimum absolute atomic E-state index is 0.00101. The maximum atomic E-state index is 13.3. The van der Waals surface area contributed by atoms with Crippen molar-refractivity contribution in [1.82, 2.24) is 9.21 Å². The molecule has 1 amide bonds. The number of hydrogen-bond donors (Lipinski definition) is 0. The standard InChI is InChI=1S/C24H20ClN3O5S/c1-33-24(30)23(17-4-2-16(14-26)3-5-17)28-11-10-27(15-22(28)29)34(31,32)21-9-7-18-12-20(25)8-6-19(18)13-21/h2-9,12-13,23H,10-11,15H2,1H3. The van der Waals surface area contributed by atoms with Crippen LogP contribution in [0.15, 0.2) is 65.6 Å². The summed E-state index contributed by atoms with van der Waals surface area (Å²) in [4.78, 5) is 27.0. The number of methoxy groups -OCH3 is 1. The molecule has 0 spiro atoms. The molecule has 4 rings (SSSR count). The van der Waals surface area contributed by atoms with Gasteiger partial charge in [-0.3, -0.25) is 4.79 Å². The van der Waals surface area contributed by atoms with E-state index >= 15 is 0 Å². The van der Waals surface area contributed by atoms with Gasteiger partial charge in [0.2, 0.25) is 15.9 Å². The molecule has 0 radical (unpaired) electrons. The second-order valence-electron chi connectivity index (χ2n) is 7.74. The van der Waals surface area contributed by atoms with Crippen molar-refractivity contribution in [1.29, 1.82) is 5.26 Å². The van der Waals surface area contributed by atoms with Gasteiger partial charge in [0, 0.05) is 18.1 Å². The number of hydrogen-bond acceptors (Lipinski definition) is 6. The second-order valence-corrected chi connectivity index (χ2v) is 10.1. The fourth-order valence-electron chi connectivity index (χ4n) is 3.94. The molecule has 0 saturated carbocycles. The number of fused-ring (bicyclic) bond motifs is 1. The third kappa shape index (κ3) is 4.48. The van der Waals surface area contributed by atoms with Crippen molar-refractivity contribution in [2.24, 2.45) is 0 Å². The molecule has 1 aliphatic rings. The third-order valence-electron chi connectivity index (χ3n) is 5.73. The van der Waals surface area contributed by atoms with Crippen LogP contribution in [0.3, 0.4) is 0 Å². The number of carbonyl (C=O) groups is 2. The van der Waals surface area contributed by atoms with Crippen molar-refractivity contribution < 1.29 is 22.7 Å². The minimum Gasteiger partial charge on any atom is -0.467 e. The topological polar surface area (TPSA) is 108 Å². The van der Waals surface area contributed by atoms with E-state index in [1.54, 1.807) is 54.6 Å². The molecular weight excluding hydrogens is 478 g/mol. The summed E-state index contributed by atoms with van der Waals surface area (Å²) in [5.74, 6) is -1.18. The molecule has 1 unspecified atom stereocenters. The van der Waals surface area contributed by atoms with Gasteiger partial charge < -0.3 is 9.64 Å². The minimum atomic E-state index is -3.94. The number of rotatable bonds is 5. The molecule has 1 atom stereocenters. The van der Waals surface area contributed by atoms with Gasteiger partial charge in [-0.2, -0.15) is 9.57 Å². The highest BCUT2D eigenvalue weighted by Crippen LogP contribution is 2.28. The van der Waals surface area contributed by atoms with Crippen molar-refractivity contribution in [3.05, 3.63) is 76.8 Å². The molecule has 0 N–H and O–H groups in total. The molecule has 174 valence electrons. The van der Waals surface area contributed by atoms with Gasteiger partial charge in [0.1, 0.15) is 0 Å². The zero-order chi connectivity index (χ0) is 24.5. The lowest BCUT2D eigenvalue weighted by molar-refractivity contribution is -0.154. The molecule has 1 aliphatic heterocycles. The Labute approximate surface area is 201 Å². The van der Waals surface area contributed by atoms with Crippen LogP contribution >= 0.6 is 11.6 Å². The Balaban J connectivity index is 1.59. The fourth-order valence-corrected chi connectivity index (χ4v) is 5.54. The predicted molar refractivity (Wildman–Crippen MR) is 125 cm³/mol. The van der Waals surface area contributed by atoms with Gasteiger partial charge in [-0.25, -0.2) is 13.2 Å². The molecule has 34 heavy (non-hydrogen) atoms. The first-order valence-electron chi connectivity index (χ1n) is 10.3. The van der Waals surface area contributed by atoms with Crippen molar-refractivity contribution in [2.45, 2.75) is 10.9 Å². The average molecular weight is 498 g/mol. The number of nitrogens with zero attached hydrogens (tertiary/aromatic N) is 3. The van der Waals surface area contributed by atoms with Gasteiger partial charge in [-0.05, 0) is 52.7 Å². The SMILES string of the molecule is COC(=O)C(c1ccc(C#N)cc1)N1CCN(S(=O)(=O)c2ccc3cc(Cl)ccc3c2)CC1=O. The van der Waals surface area contributed by atoms with Gasteiger partial charge >= 0.3 is 5.97 Å². The maximum Gasteiger partial charge on any atom is 0.333 e. The number of ether oxygens (including phenoxy) is 1. The predicted octanol–water partition coefficient (Wildman–Crippen LogP) is 3.11. The molecule has 8 nitrogen and oxygen atoms in total.